The maximum atomic E-state index is 12.3. The third-order valence-corrected chi connectivity index (χ3v) is 4.93. The summed E-state index contributed by atoms with van der Waals surface area (Å²) in [6.07, 6.45) is 8.93. The van der Waals surface area contributed by atoms with Gasteiger partial charge in [-0.15, -0.1) is 0 Å². The summed E-state index contributed by atoms with van der Waals surface area (Å²) >= 11 is 0. The molecule has 0 bridgehead atoms. The average Bonchev–Trinajstić information content (AvgIpc) is 3.12. The lowest BCUT2D eigenvalue weighted by molar-refractivity contribution is -0.130. The monoisotopic (exact) mass is 250 g/mol. The second kappa shape index (κ2) is 5.20. The first-order valence-corrected chi connectivity index (χ1v) is 7.77. The number of hydrogen-bond donors (Lipinski definition) is 1. The molecule has 1 saturated heterocycles. The molecule has 0 aromatic heterocycles. The topological polar surface area (TPSA) is 32.3 Å². The Morgan fingerprint density at radius 2 is 1.83 bits per heavy atom. The molecule has 3 heteroatoms. The van der Waals surface area contributed by atoms with Crippen molar-refractivity contribution in [2.75, 3.05) is 13.1 Å². The lowest BCUT2D eigenvalue weighted by atomic mass is 9.83. The Bertz CT molecular complexity index is 306. The van der Waals surface area contributed by atoms with Gasteiger partial charge in [0.2, 0.25) is 5.91 Å². The van der Waals surface area contributed by atoms with Gasteiger partial charge in [0.15, 0.2) is 0 Å². The summed E-state index contributed by atoms with van der Waals surface area (Å²) in [5.41, 5.74) is 0. The van der Waals surface area contributed by atoms with Gasteiger partial charge in [0.1, 0.15) is 0 Å². The lowest BCUT2D eigenvalue weighted by Gasteiger charge is -2.29. The summed E-state index contributed by atoms with van der Waals surface area (Å²) in [4.78, 5) is 14.4. The molecule has 2 aliphatic carbocycles. The van der Waals surface area contributed by atoms with E-state index in [4.69, 9.17) is 0 Å². The normalized spacial score (nSPS) is 37.3. The molecule has 1 atom stereocenters. The predicted octanol–water partition coefficient (Wildman–Crippen LogP) is 2.17. The Morgan fingerprint density at radius 1 is 1.11 bits per heavy atom. The maximum absolute atomic E-state index is 12.3. The van der Waals surface area contributed by atoms with Crippen LogP contribution in [0, 0.1) is 11.8 Å². The highest BCUT2D eigenvalue weighted by atomic mass is 16.2. The molecule has 1 N–H and O–H groups in total. The number of rotatable bonds is 4. The van der Waals surface area contributed by atoms with Gasteiger partial charge in [0.25, 0.3) is 0 Å². The van der Waals surface area contributed by atoms with Crippen molar-refractivity contribution in [2.45, 2.75) is 64.0 Å². The minimum Gasteiger partial charge on any atom is -0.341 e. The van der Waals surface area contributed by atoms with E-state index >= 15 is 0 Å². The molecule has 0 aromatic rings. The molecule has 3 aliphatic rings. The Morgan fingerprint density at radius 3 is 2.50 bits per heavy atom. The molecular weight excluding hydrogens is 224 g/mol. The van der Waals surface area contributed by atoms with Crippen LogP contribution < -0.4 is 5.32 Å². The Hall–Kier alpha value is -0.570. The third kappa shape index (κ3) is 2.87. The Balaban J connectivity index is 1.46. The van der Waals surface area contributed by atoms with E-state index in [9.17, 15) is 4.79 Å². The first kappa shape index (κ1) is 12.5. The number of likely N-dealkylation sites (tertiary alicyclic amines) is 1. The number of carbonyl (C=O) groups excluding carboxylic acids is 1. The van der Waals surface area contributed by atoms with Gasteiger partial charge in [-0.1, -0.05) is 19.8 Å². The summed E-state index contributed by atoms with van der Waals surface area (Å²) in [6, 6.07) is 0.787. The molecule has 1 unspecified atom stereocenters. The quantitative estimate of drug-likeness (QED) is 0.829. The number of nitrogens with one attached hydrogen (secondary N) is 1. The molecule has 102 valence electrons. The van der Waals surface area contributed by atoms with Crippen LogP contribution in [0.3, 0.4) is 0 Å². The van der Waals surface area contributed by atoms with E-state index in [2.05, 4.69) is 17.1 Å². The second-order valence-corrected chi connectivity index (χ2v) is 6.69. The molecule has 0 radical (unpaired) electrons. The summed E-state index contributed by atoms with van der Waals surface area (Å²) in [5, 5.41) is 3.49. The van der Waals surface area contributed by atoms with Gasteiger partial charge < -0.3 is 10.2 Å². The fourth-order valence-electron chi connectivity index (χ4n) is 3.43. The molecular formula is C15H26N2O. The molecule has 18 heavy (non-hydrogen) atoms. The number of carbonyl (C=O) groups is 1. The van der Waals surface area contributed by atoms with E-state index in [0.29, 0.717) is 11.9 Å². The fraction of sp³-hybridized carbons (Fsp3) is 0.933. The summed E-state index contributed by atoms with van der Waals surface area (Å²) < 4.78 is 0. The predicted molar refractivity (Wildman–Crippen MR) is 72.3 cm³/mol. The highest BCUT2D eigenvalue weighted by Gasteiger charge is 2.36. The van der Waals surface area contributed by atoms with Gasteiger partial charge in [-0.3, -0.25) is 4.79 Å². The highest BCUT2D eigenvalue weighted by Crippen LogP contribution is 2.30. The highest BCUT2D eigenvalue weighted by molar-refractivity contribution is 5.84. The maximum Gasteiger partial charge on any atom is 0.239 e. The van der Waals surface area contributed by atoms with Crippen LogP contribution in [0.25, 0.3) is 0 Å². The van der Waals surface area contributed by atoms with Crippen LogP contribution in [0.2, 0.25) is 0 Å². The molecule has 0 spiro atoms. The van der Waals surface area contributed by atoms with Gasteiger partial charge in [-0.25, -0.2) is 0 Å². The zero-order valence-electron chi connectivity index (χ0n) is 11.5. The summed E-state index contributed by atoms with van der Waals surface area (Å²) in [7, 11) is 0. The zero-order chi connectivity index (χ0) is 12.5. The molecule has 1 heterocycles. The minimum absolute atomic E-state index is 0.139. The van der Waals surface area contributed by atoms with Crippen LogP contribution in [-0.2, 0) is 4.79 Å². The van der Waals surface area contributed by atoms with Gasteiger partial charge in [-0.05, 0) is 43.9 Å². The van der Waals surface area contributed by atoms with Gasteiger partial charge >= 0.3 is 0 Å². The van der Waals surface area contributed by atoms with Crippen molar-refractivity contribution in [3.05, 3.63) is 0 Å². The van der Waals surface area contributed by atoms with Crippen LogP contribution in [0.1, 0.15) is 51.9 Å². The van der Waals surface area contributed by atoms with Gasteiger partial charge in [0.05, 0.1) is 6.04 Å². The molecule has 3 fully saturated rings. The standard InChI is InChI=1S/C15H26N2O/c1-11-2-4-12(5-3-11)10-17-9-8-14(15(17)18)16-13-6-7-13/h11-14,16H,2-10H2,1H3. The SMILES string of the molecule is CC1CCC(CN2CCC(NC3CC3)C2=O)CC1. The van der Waals surface area contributed by atoms with Crippen LogP contribution in [0.4, 0.5) is 0 Å². The van der Waals surface area contributed by atoms with Gasteiger partial charge in [0, 0.05) is 19.1 Å². The third-order valence-electron chi connectivity index (χ3n) is 4.93. The van der Waals surface area contributed by atoms with Gasteiger partial charge in [-0.2, -0.15) is 0 Å². The van der Waals surface area contributed by atoms with Crippen LogP contribution in [0.15, 0.2) is 0 Å². The van der Waals surface area contributed by atoms with Crippen LogP contribution in [0.5, 0.6) is 0 Å². The average molecular weight is 250 g/mol. The van der Waals surface area contributed by atoms with E-state index in [1.54, 1.807) is 0 Å². The fourth-order valence-corrected chi connectivity index (χ4v) is 3.43. The van der Waals surface area contributed by atoms with E-state index in [-0.39, 0.29) is 6.04 Å². The van der Waals surface area contributed by atoms with E-state index in [1.165, 1.54) is 38.5 Å². The molecule has 2 saturated carbocycles. The van der Waals surface area contributed by atoms with E-state index in [0.717, 1.165) is 31.3 Å². The molecule has 3 nitrogen and oxygen atoms in total. The molecule has 0 aromatic carbocycles. The number of hydrogen-bond acceptors (Lipinski definition) is 2. The number of nitrogens with zero attached hydrogens (tertiary/aromatic N) is 1. The Kier molecular flexibility index (Phi) is 3.60. The number of amides is 1. The van der Waals surface area contributed by atoms with Crippen molar-refractivity contribution in [3.63, 3.8) is 0 Å². The van der Waals surface area contributed by atoms with Crippen LogP contribution in [-0.4, -0.2) is 36.0 Å². The second-order valence-electron chi connectivity index (χ2n) is 6.69. The van der Waals surface area contributed by atoms with E-state index in [1.807, 2.05) is 0 Å². The molecule has 1 aliphatic heterocycles. The van der Waals surface area contributed by atoms with Crippen molar-refractivity contribution in [3.8, 4) is 0 Å². The van der Waals surface area contributed by atoms with Crippen molar-refractivity contribution in [1.29, 1.82) is 0 Å². The van der Waals surface area contributed by atoms with Crippen molar-refractivity contribution >= 4 is 5.91 Å². The minimum atomic E-state index is 0.139. The first-order valence-electron chi connectivity index (χ1n) is 7.77. The lowest BCUT2D eigenvalue weighted by Crippen LogP contribution is -2.41. The van der Waals surface area contributed by atoms with Crippen molar-refractivity contribution in [1.82, 2.24) is 10.2 Å². The summed E-state index contributed by atoms with van der Waals surface area (Å²) in [6.45, 7) is 4.36. The molecule has 3 rings (SSSR count). The van der Waals surface area contributed by atoms with Crippen molar-refractivity contribution < 1.29 is 4.79 Å². The zero-order valence-corrected chi connectivity index (χ0v) is 11.5. The van der Waals surface area contributed by atoms with Crippen LogP contribution >= 0.6 is 0 Å². The first-order chi connectivity index (χ1) is 8.72. The van der Waals surface area contributed by atoms with E-state index < -0.39 is 0 Å². The largest absolute Gasteiger partial charge is 0.341 e. The summed E-state index contributed by atoms with van der Waals surface area (Å²) in [5.74, 6) is 2.05. The van der Waals surface area contributed by atoms with Crippen molar-refractivity contribution in [2.24, 2.45) is 11.8 Å². The smallest absolute Gasteiger partial charge is 0.239 e. The Labute approximate surface area is 110 Å². The molecule has 1 amide bonds.